The zero-order valence-electron chi connectivity index (χ0n) is 7.70. The summed E-state index contributed by atoms with van der Waals surface area (Å²) in [6.45, 7) is 0. The van der Waals surface area contributed by atoms with Gasteiger partial charge >= 0.3 is 0 Å². The minimum Gasteiger partial charge on any atom is -0.364 e. The van der Waals surface area contributed by atoms with Crippen molar-refractivity contribution in [2.75, 3.05) is 0 Å². The maximum atomic E-state index is 5.64. The van der Waals surface area contributed by atoms with Gasteiger partial charge in [0.1, 0.15) is 6.10 Å². The molecule has 1 aliphatic heterocycles. The average molecular weight is 174 g/mol. The largest absolute Gasteiger partial charge is 0.364 e. The third-order valence-corrected chi connectivity index (χ3v) is 4.20. The van der Waals surface area contributed by atoms with Gasteiger partial charge in [0.05, 0.1) is 6.10 Å². The van der Waals surface area contributed by atoms with Crippen molar-refractivity contribution in [3.63, 3.8) is 0 Å². The molecule has 0 aromatic rings. The van der Waals surface area contributed by atoms with Gasteiger partial charge in [-0.15, -0.1) is 0 Å². The summed E-state index contributed by atoms with van der Waals surface area (Å²) < 4.78 is 5.64. The highest BCUT2D eigenvalue weighted by atomic mass is 16.6. The van der Waals surface area contributed by atoms with Crippen LogP contribution in [0.4, 0.5) is 0 Å². The molecule has 1 nitrogen and oxygen atoms in total. The fraction of sp³-hybridized carbons (Fsp3) is 0.667. The molecular weight excluding hydrogens is 160 g/mol. The Bertz CT molecular complexity index is 326. The first-order chi connectivity index (χ1) is 6.45. The molecule has 3 aliphatic carbocycles. The maximum absolute atomic E-state index is 5.64. The summed E-state index contributed by atoms with van der Waals surface area (Å²) in [6, 6.07) is 0. The molecule has 2 fully saturated rings. The van der Waals surface area contributed by atoms with E-state index in [4.69, 9.17) is 4.74 Å². The second-order valence-electron chi connectivity index (χ2n) is 4.78. The fourth-order valence-corrected chi connectivity index (χ4v) is 3.53. The first-order valence-corrected chi connectivity index (χ1v) is 5.52. The van der Waals surface area contributed by atoms with Gasteiger partial charge in [0, 0.05) is 5.92 Å². The number of ether oxygens (including phenoxy) is 1. The number of hydrogen-bond donors (Lipinski definition) is 0. The van der Waals surface area contributed by atoms with E-state index in [-0.39, 0.29) is 0 Å². The predicted molar refractivity (Wildman–Crippen MR) is 50.3 cm³/mol. The van der Waals surface area contributed by atoms with E-state index < -0.39 is 0 Å². The molecule has 4 aliphatic rings. The number of hydrogen-bond acceptors (Lipinski definition) is 1. The van der Waals surface area contributed by atoms with Gasteiger partial charge < -0.3 is 4.74 Å². The van der Waals surface area contributed by atoms with Crippen LogP contribution in [-0.2, 0) is 4.74 Å². The number of fused-ring (bicyclic) bond motifs is 5. The van der Waals surface area contributed by atoms with Crippen LogP contribution < -0.4 is 0 Å². The van der Waals surface area contributed by atoms with Crippen LogP contribution in [-0.4, -0.2) is 12.2 Å². The fourth-order valence-electron chi connectivity index (χ4n) is 3.53. The standard InChI is InChI=1S/C12H14O/c1-2-4-8-7(3-1)9-5-6-10-12(13-10)11(8)9/h5-6,8,10-12H,1-4H2. The highest BCUT2D eigenvalue weighted by Gasteiger charge is 2.55. The molecule has 1 heterocycles. The van der Waals surface area contributed by atoms with Gasteiger partial charge in [-0.25, -0.2) is 0 Å². The monoisotopic (exact) mass is 174 g/mol. The Morgan fingerprint density at radius 1 is 1.31 bits per heavy atom. The summed E-state index contributed by atoms with van der Waals surface area (Å²) in [4.78, 5) is 0. The molecule has 4 rings (SSSR count). The van der Waals surface area contributed by atoms with E-state index in [9.17, 15) is 0 Å². The predicted octanol–water partition coefficient (Wildman–Crippen LogP) is 2.44. The average Bonchev–Trinajstić information content (AvgIpc) is 2.89. The normalized spacial score (nSPS) is 50.5. The molecule has 0 aromatic carbocycles. The summed E-state index contributed by atoms with van der Waals surface area (Å²) in [6.07, 6.45) is 11.4. The van der Waals surface area contributed by atoms with Crippen LogP contribution in [0.3, 0.4) is 0 Å². The van der Waals surface area contributed by atoms with Crippen molar-refractivity contribution in [1.29, 1.82) is 0 Å². The van der Waals surface area contributed by atoms with Crippen LogP contribution in [0, 0.1) is 11.8 Å². The zero-order valence-corrected chi connectivity index (χ0v) is 7.70. The summed E-state index contributed by atoms with van der Waals surface area (Å²) in [5.41, 5.74) is 3.44. The molecule has 0 N–H and O–H groups in total. The smallest absolute Gasteiger partial charge is 0.103 e. The lowest BCUT2D eigenvalue weighted by molar-refractivity contribution is 0.236. The summed E-state index contributed by atoms with van der Waals surface area (Å²) >= 11 is 0. The molecule has 0 bridgehead atoms. The molecule has 1 saturated carbocycles. The van der Waals surface area contributed by atoms with Crippen molar-refractivity contribution in [2.24, 2.45) is 11.8 Å². The lowest BCUT2D eigenvalue weighted by Gasteiger charge is -2.44. The van der Waals surface area contributed by atoms with Crippen molar-refractivity contribution in [2.45, 2.75) is 37.9 Å². The van der Waals surface area contributed by atoms with E-state index in [1.807, 2.05) is 0 Å². The summed E-state index contributed by atoms with van der Waals surface area (Å²) in [5, 5.41) is 0. The van der Waals surface area contributed by atoms with E-state index in [0.717, 1.165) is 11.8 Å². The van der Waals surface area contributed by atoms with Crippen LogP contribution in [0.1, 0.15) is 25.7 Å². The van der Waals surface area contributed by atoms with Crippen LogP contribution in [0.15, 0.2) is 23.3 Å². The minimum absolute atomic E-state index is 0.497. The third kappa shape index (κ3) is 0.727. The van der Waals surface area contributed by atoms with Gasteiger partial charge in [0.15, 0.2) is 0 Å². The van der Waals surface area contributed by atoms with Crippen LogP contribution in [0.25, 0.3) is 0 Å². The molecule has 4 unspecified atom stereocenters. The Balaban J connectivity index is 1.79. The molecule has 13 heavy (non-hydrogen) atoms. The minimum atomic E-state index is 0.497. The Morgan fingerprint density at radius 3 is 3.31 bits per heavy atom. The van der Waals surface area contributed by atoms with Crippen LogP contribution in [0.5, 0.6) is 0 Å². The Morgan fingerprint density at radius 2 is 2.31 bits per heavy atom. The number of allylic oxidation sites excluding steroid dienone is 2. The van der Waals surface area contributed by atoms with Gasteiger partial charge in [0.25, 0.3) is 0 Å². The molecule has 1 saturated heterocycles. The third-order valence-electron chi connectivity index (χ3n) is 4.20. The second kappa shape index (κ2) is 2.09. The Hall–Kier alpha value is -0.560. The number of rotatable bonds is 0. The molecule has 1 heteroatoms. The highest BCUT2D eigenvalue weighted by molar-refractivity contribution is 5.47. The zero-order chi connectivity index (χ0) is 8.41. The van der Waals surface area contributed by atoms with Gasteiger partial charge in [-0.05, 0) is 30.8 Å². The lowest BCUT2D eigenvalue weighted by Crippen LogP contribution is -2.38. The van der Waals surface area contributed by atoms with Gasteiger partial charge in [-0.1, -0.05) is 24.1 Å². The first-order valence-electron chi connectivity index (χ1n) is 5.52. The number of epoxide rings is 1. The molecule has 68 valence electrons. The van der Waals surface area contributed by atoms with E-state index in [2.05, 4.69) is 12.2 Å². The molecule has 0 amide bonds. The van der Waals surface area contributed by atoms with Gasteiger partial charge in [0.2, 0.25) is 0 Å². The molecule has 4 atom stereocenters. The van der Waals surface area contributed by atoms with E-state index in [1.165, 1.54) is 25.7 Å². The van der Waals surface area contributed by atoms with Crippen molar-refractivity contribution in [1.82, 2.24) is 0 Å². The quantitative estimate of drug-likeness (QED) is 0.514. The lowest BCUT2D eigenvalue weighted by atomic mass is 9.59. The highest BCUT2D eigenvalue weighted by Crippen LogP contribution is 2.57. The van der Waals surface area contributed by atoms with Crippen LogP contribution >= 0.6 is 0 Å². The molecule has 0 spiro atoms. The Labute approximate surface area is 78.5 Å². The van der Waals surface area contributed by atoms with Gasteiger partial charge in [-0.3, -0.25) is 0 Å². The van der Waals surface area contributed by atoms with E-state index >= 15 is 0 Å². The Kier molecular flexibility index (Phi) is 1.10. The molecule has 0 radical (unpaired) electrons. The van der Waals surface area contributed by atoms with Crippen molar-refractivity contribution in [3.8, 4) is 0 Å². The first kappa shape index (κ1) is 6.83. The van der Waals surface area contributed by atoms with Gasteiger partial charge in [-0.2, -0.15) is 0 Å². The van der Waals surface area contributed by atoms with Crippen molar-refractivity contribution < 1.29 is 4.74 Å². The molecule has 0 aromatic heterocycles. The molecular formula is C12H14O. The topological polar surface area (TPSA) is 12.5 Å². The summed E-state index contributed by atoms with van der Waals surface area (Å²) in [5.74, 6) is 1.73. The van der Waals surface area contributed by atoms with E-state index in [1.54, 1.807) is 11.1 Å². The SMILES string of the molecule is C1=CC2OC2C2C1=C1CCCCC12. The van der Waals surface area contributed by atoms with Crippen LogP contribution in [0.2, 0.25) is 0 Å². The summed E-state index contributed by atoms with van der Waals surface area (Å²) in [7, 11) is 0. The maximum Gasteiger partial charge on any atom is 0.103 e. The van der Waals surface area contributed by atoms with Crippen molar-refractivity contribution in [3.05, 3.63) is 23.3 Å². The van der Waals surface area contributed by atoms with Crippen molar-refractivity contribution >= 4 is 0 Å². The second-order valence-corrected chi connectivity index (χ2v) is 4.78. The van der Waals surface area contributed by atoms with E-state index in [0.29, 0.717) is 12.2 Å².